The molecule has 1 unspecified atom stereocenters. The van der Waals surface area contributed by atoms with E-state index in [9.17, 15) is 9.90 Å². The molecule has 1 atom stereocenters. The maximum absolute atomic E-state index is 10.7. The summed E-state index contributed by atoms with van der Waals surface area (Å²) in [5.74, 6) is 0.705. The molecular formula is C30H34N2O4. The summed E-state index contributed by atoms with van der Waals surface area (Å²) in [5.41, 5.74) is 12.9. The SMILES string of the molecule is NC(CO)c1cccc(-c2cc(COc3ccccc3COC=O)cc(N3CCC4(CC3)CC4)c2)c1. The maximum Gasteiger partial charge on any atom is 0.293 e. The molecule has 5 rings (SSSR count). The average Bonchev–Trinajstić information content (AvgIpc) is 3.69. The third kappa shape index (κ3) is 5.55. The summed E-state index contributed by atoms with van der Waals surface area (Å²) in [5, 5.41) is 9.53. The molecule has 36 heavy (non-hydrogen) atoms. The zero-order valence-electron chi connectivity index (χ0n) is 20.6. The highest BCUT2D eigenvalue weighted by Gasteiger charge is 2.44. The maximum atomic E-state index is 10.7. The molecular weight excluding hydrogens is 452 g/mol. The van der Waals surface area contributed by atoms with Crippen molar-refractivity contribution in [2.75, 3.05) is 24.6 Å². The predicted octanol–water partition coefficient (Wildman–Crippen LogP) is 4.98. The van der Waals surface area contributed by atoms with E-state index in [0.29, 0.717) is 24.2 Å². The minimum absolute atomic E-state index is 0.0919. The summed E-state index contributed by atoms with van der Waals surface area (Å²) in [4.78, 5) is 13.2. The highest BCUT2D eigenvalue weighted by molar-refractivity contribution is 5.70. The van der Waals surface area contributed by atoms with Crippen molar-refractivity contribution in [1.29, 1.82) is 0 Å². The van der Waals surface area contributed by atoms with Crippen molar-refractivity contribution in [3.63, 3.8) is 0 Å². The molecule has 1 heterocycles. The van der Waals surface area contributed by atoms with Gasteiger partial charge in [0.25, 0.3) is 6.47 Å². The minimum atomic E-state index is -0.405. The molecule has 2 fully saturated rings. The van der Waals surface area contributed by atoms with Gasteiger partial charge in [0.05, 0.1) is 12.6 Å². The number of hydrogen-bond donors (Lipinski definition) is 2. The Morgan fingerprint density at radius 2 is 1.75 bits per heavy atom. The highest BCUT2D eigenvalue weighted by Crippen LogP contribution is 2.54. The molecule has 3 aromatic rings. The molecule has 188 valence electrons. The van der Waals surface area contributed by atoms with Crippen molar-refractivity contribution in [1.82, 2.24) is 0 Å². The molecule has 6 heteroatoms. The number of aliphatic hydroxyl groups is 1. The Morgan fingerprint density at radius 3 is 2.50 bits per heavy atom. The van der Waals surface area contributed by atoms with Crippen LogP contribution in [0.4, 0.5) is 5.69 Å². The first-order chi connectivity index (χ1) is 17.6. The molecule has 1 aliphatic carbocycles. The van der Waals surface area contributed by atoms with E-state index in [2.05, 4.69) is 35.2 Å². The summed E-state index contributed by atoms with van der Waals surface area (Å²) in [6, 6.07) is 21.9. The second-order valence-corrected chi connectivity index (χ2v) is 10.1. The monoisotopic (exact) mass is 486 g/mol. The Kier molecular flexibility index (Phi) is 7.25. The summed E-state index contributed by atoms with van der Waals surface area (Å²) in [7, 11) is 0. The lowest BCUT2D eigenvalue weighted by Crippen LogP contribution is -2.34. The van der Waals surface area contributed by atoms with Gasteiger partial charge in [-0.3, -0.25) is 4.79 Å². The fourth-order valence-corrected chi connectivity index (χ4v) is 5.13. The topological polar surface area (TPSA) is 85.0 Å². The molecule has 0 amide bonds. The van der Waals surface area contributed by atoms with Crippen LogP contribution in [0.2, 0.25) is 0 Å². The molecule has 2 aliphatic rings. The first-order valence-electron chi connectivity index (χ1n) is 12.7. The minimum Gasteiger partial charge on any atom is -0.488 e. The van der Waals surface area contributed by atoms with Gasteiger partial charge in [-0.15, -0.1) is 0 Å². The van der Waals surface area contributed by atoms with E-state index in [4.69, 9.17) is 15.2 Å². The quantitative estimate of drug-likeness (QED) is 0.393. The molecule has 0 aromatic heterocycles. The van der Waals surface area contributed by atoms with Crippen LogP contribution in [-0.4, -0.2) is 31.3 Å². The number of anilines is 1. The molecule has 1 saturated carbocycles. The van der Waals surface area contributed by atoms with Crippen LogP contribution in [0.5, 0.6) is 5.75 Å². The van der Waals surface area contributed by atoms with Crippen LogP contribution in [0.25, 0.3) is 11.1 Å². The summed E-state index contributed by atoms with van der Waals surface area (Å²) in [6.45, 7) is 3.08. The van der Waals surface area contributed by atoms with Gasteiger partial charge in [-0.25, -0.2) is 0 Å². The lowest BCUT2D eigenvalue weighted by Gasteiger charge is -2.34. The number of rotatable bonds is 10. The second kappa shape index (κ2) is 10.7. The van der Waals surface area contributed by atoms with Crippen molar-refractivity contribution in [2.45, 2.75) is 44.9 Å². The number of carbonyl (C=O) groups excluding carboxylic acids is 1. The van der Waals surface area contributed by atoms with Gasteiger partial charge in [-0.2, -0.15) is 0 Å². The molecule has 1 aliphatic heterocycles. The van der Waals surface area contributed by atoms with Crippen molar-refractivity contribution in [3.05, 3.63) is 83.4 Å². The Balaban J connectivity index is 1.43. The molecule has 3 aromatic carbocycles. The van der Waals surface area contributed by atoms with Crippen LogP contribution < -0.4 is 15.4 Å². The smallest absolute Gasteiger partial charge is 0.293 e. The van der Waals surface area contributed by atoms with E-state index >= 15 is 0 Å². The highest BCUT2D eigenvalue weighted by atomic mass is 16.5. The fraction of sp³-hybridized carbons (Fsp3) is 0.367. The molecule has 6 nitrogen and oxygen atoms in total. The Bertz CT molecular complexity index is 1200. The first kappa shape index (κ1) is 24.3. The van der Waals surface area contributed by atoms with Gasteiger partial charge in [0, 0.05) is 24.3 Å². The van der Waals surface area contributed by atoms with Gasteiger partial charge >= 0.3 is 0 Å². The van der Waals surface area contributed by atoms with E-state index in [0.717, 1.165) is 40.9 Å². The van der Waals surface area contributed by atoms with Gasteiger partial charge in [0.2, 0.25) is 0 Å². The number of aliphatic hydroxyl groups excluding tert-OH is 1. The number of para-hydroxylation sites is 1. The van der Waals surface area contributed by atoms with Crippen molar-refractivity contribution in [3.8, 4) is 16.9 Å². The number of benzene rings is 3. The fourth-order valence-electron chi connectivity index (χ4n) is 5.13. The lowest BCUT2D eigenvalue weighted by atomic mass is 9.92. The van der Waals surface area contributed by atoms with E-state index in [1.54, 1.807) is 0 Å². The normalized spacial score (nSPS) is 17.0. The average molecular weight is 487 g/mol. The van der Waals surface area contributed by atoms with Crippen LogP contribution in [0.1, 0.15) is 48.4 Å². The first-order valence-corrected chi connectivity index (χ1v) is 12.7. The summed E-state index contributed by atoms with van der Waals surface area (Å²) >= 11 is 0. The molecule has 1 saturated heterocycles. The second-order valence-electron chi connectivity index (χ2n) is 10.1. The van der Waals surface area contributed by atoms with Crippen molar-refractivity contribution in [2.24, 2.45) is 11.1 Å². The third-order valence-electron chi connectivity index (χ3n) is 7.64. The van der Waals surface area contributed by atoms with Gasteiger partial charge in [-0.05, 0) is 83.7 Å². The largest absolute Gasteiger partial charge is 0.488 e. The third-order valence-corrected chi connectivity index (χ3v) is 7.64. The lowest BCUT2D eigenvalue weighted by molar-refractivity contribution is -0.129. The van der Waals surface area contributed by atoms with Crippen LogP contribution in [0.3, 0.4) is 0 Å². The number of hydrogen-bond acceptors (Lipinski definition) is 6. The summed E-state index contributed by atoms with van der Waals surface area (Å²) < 4.78 is 11.2. The Labute approximate surface area is 212 Å². The van der Waals surface area contributed by atoms with Gasteiger partial charge in [0.1, 0.15) is 19.0 Å². The number of carbonyl (C=O) groups is 1. The Morgan fingerprint density at radius 1 is 0.944 bits per heavy atom. The molecule has 0 radical (unpaired) electrons. The van der Waals surface area contributed by atoms with Gasteiger partial charge in [-0.1, -0.05) is 36.4 Å². The van der Waals surface area contributed by atoms with E-state index in [-0.39, 0.29) is 13.2 Å². The molecule has 1 spiro atoms. The number of piperidine rings is 1. The Hall–Kier alpha value is -3.35. The van der Waals surface area contributed by atoms with E-state index in [1.807, 2.05) is 36.4 Å². The van der Waals surface area contributed by atoms with Gasteiger partial charge in [0.15, 0.2) is 0 Å². The van der Waals surface area contributed by atoms with E-state index < -0.39 is 6.04 Å². The predicted molar refractivity (Wildman–Crippen MR) is 141 cm³/mol. The molecule has 0 bridgehead atoms. The van der Waals surface area contributed by atoms with Gasteiger partial charge < -0.3 is 25.2 Å². The van der Waals surface area contributed by atoms with Crippen molar-refractivity contribution >= 4 is 12.2 Å². The molecule has 3 N–H and O–H groups in total. The van der Waals surface area contributed by atoms with Crippen LogP contribution in [-0.2, 0) is 22.7 Å². The van der Waals surface area contributed by atoms with Crippen molar-refractivity contribution < 1.29 is 19.4 Å². The van der Waals surface area contributed by atoms with E-state index in [1.165, 1.54) is 31.4 Å². The zero-order chi connectivity index (χ0) is 25.0. The number of nitrogens with zero attached hydrogens (tertiary/aromatic N) is 1. The summed E-state index contributed by atoms with van der Waals surface area (Å²) in [6.07, 6.45) is 5.28. The van der Waals surface area contributed by atoms with Crippen LogP contribution in [0.15, 0.2) is 66.7 Å². The number of nitrogens with two attached hydrogens (primary N) is 1. The standard InChI is InChI=1S/C30H34N2O4/c31-28(18-33)24-6-3-5-23(16-24)26-14-22(19-36-29-7-2-1-4-25(29)20-35-21-34)15-27(17-26)32-12-10-30(8-9-30)11-13-32/h1-7,14-17,21,28,33H,8-13,18-20,31H2. The number of ether oxygens (including phenoxy) is 2. The zero-order valence-corrected chi connectivity index (χ0v) is 20.6. The van der Waals surface area contributed by atoms with Crippen LogP contribution >= 0.6 is 0 Å². The van der Waals surface area contributed by atoms with Crippen LogP contribution in [0, 0.1) is 5.41 Å².